The van der Waals surface area contributed by atoms with E-state index < -0.39 is 0 Å². The van der Waals surface area contributed by atoms with Crippen LogP contribution in [0.5, 0.6) is 0 Å². The molecule has 0 aromatic rings. The molecule has 0 spiro atoms. The summed E-state index contributed by atoms with van der Waals surface area (Å²) in [6, 6.07) is 0. The van der Waals surface area contributed by atoms with Crippen molar-refractivity contribution in [3.63, 3.8) is 0 Å². The quantitative estimate of drug-likeness (QED) is 0.775. The molecule has 2 aliphatic carbocycles. The molecule has 3 aliphatic rings. The first kappa shape index (κ1) is 13.9. The number of carbonyl (C=O) groups is 2. The van der Waals surface area contributed by atoms with Gasteiger partial charge in [0.15, 0.2) is 0 Å². The molecule has 1 saturated heterocycles. The minimum Gasteiger partial charge on any atom is -0.339 e. The molecule has 0 aromatic carbocycles. The Morgan fingerprint density at radius 2 is 0.900 bits per heavy atom. The number of rotatable bonds is 2. The van der Waals surface area contributed by atoms with Crippen LogP contribution in [0.1, 0.15) is 51.4 Å². The van der Waals surface area contributed by atoms with E-state index in [2.05, 4.69) is 0 Å². The summed E-state index contributed by atoms with van der Waals surface area (Å²) < 4.78 is 0. The van der Waals surface area contributed by atoms with Crippen molar-refractivity contribution in [2.75, 3.05) is 26.2 Å². The summed E-state index contributed by atoms with van der Waals surface area (Å²) >= 11 is 0. The average molecular weight is 278 g/mol. The largest absolute Gasteiger partial charge is 0.339 e. The van der Waals surface area contributed by atoms with Crippen LogP contribution in [0.2, 0.25) is 0 Å². The van der Waals surface area contributed by atoms with Gasteiger partial charge in [-0.1, -0.05) is 25.7 Å². The molecule has 4 nitrogen and oxygen atoms in total. The Labute approximate surface area is 121 Å². The number of carbonyl (C=O) groups excluding carboxylic acids is 2. The Balaban J connectivity index is 1.48. The molecule has 1 heterocycles. The lowest BCUT2D eigenvalue weighted by atomic mass is 10.0. The van der Waals surface area contributed by atoms with Crippen LogP contribution in [0.15, 0.2) is 0 Å². The molecule has 20 heavy (non-hydrogen) atoms. The molecular weight excluding hydrogens is 252 g/mol. The molecule has 3 rings (SSSR count). The van der Waals surface area contributed by atoms with Crippen molar-refractivity contribution in [1.82, 2.24) is 9.80 Å². The van der Waals surface area contributed by atoms with Gasteiger partial charge in [-0.3, -0.25) is 9.59 Å². The molecule has 0 N–H and O–H groups in total. The Morgan fingerprint density at radius 3 is 1.20 bits per heavy atom. The van der Waals surface area contributed by atoms with Crippen molar-refractivity contribution in [3.05, 3.63) is 0 Å². The number of nitrogens with zero attached hydrogens (tertiary/aromatic N) is 2. The van der Waals surface area contributed by atoms with Gasteiger partial charge in [0.2, 0.25) is 11.8 Å². The number of hydrogen-bond acceptors (Lipinski definition) is 2. The minimum atomic E-state index is 0.270. The second-order valence-electron chi connectivity index (χ2n) is 6.61. The van der Waals surface area contributed by atoms with Crippen LogP contribution in [-0.2, 0) is 9.59 Å². The molecule has 0 bridgehead atoms. The van der Waals surface area contributed by atoms with E-state index in [4.69, 9.17) is 0 Å². The zero-order valence-corrected chi connectivity index (χ0v) is 12.4. The van der Waals surface area contributed by atoms with Crippen molar-refractivity contribution in [2.45, 2.75) is 51.4 Å². The van der Waals surface area contributed by atoms with Gasteiger partial charge in [-0.25, -0.2) is 0 Å². The van der Waals surface area contributed by atoms with Crippen molar-refractivity contribution in [3.8, 4) is 0 Å². The maximum absolute atomic E-state index is 12.4. The van der Waals surface area contributed by atoms with Gasteiger partial charge in [0, 0.05) is 38.0 Å². The first-order chi connectivity index (χ1) is 9.75. The standard InChI is InChI=1S/C16H26N2O2/c19-15(13-5-1-2-6-13)17-9-11-18(12-10-17)16(20)14-7-3-4-8-14/h13-14H,1-12H2. The number of piperazine rings is 1. The van der Waals surface area contributed by atoms with Gasteiger partial charge in [0.1, 0.15) is 0 Å². The van der Waals surface area contributed by atoms with Crippen LogP contribution in [0.25, 0.3) is 0 Å². The van der Waals surface area contributed by atoms with Crippen molar-refractivity contribution in [2.24, 2.45) is 11.8 Å². The van der Waals surface area contributed by atoms with Gasteiger partial charge >= 0.3 is 0 Å². The molecule has 2 saturated carbocycles. The number of amides is 2. The summed E-state index contributed by atoms with van der Waals surface area (Å²) in [7, 11) is 0. The lowest BCUT2D eigenvalue weighted by Gasteiger charge is -2.37. The van der Waals surface area contributed by atoms with Crippen molar-refractivity contribution in [1.29, 1.82) is 0 Å². The smallest absolute Gasteiger partial charge is 0.225 e. The molecule has 0 unspecified atom stereocenters. The average Bonchev–Trinajstić information content (AvgIpc) is 3.18. The fraction of sp³-hybridized carbons (Fsp3) is 0.875. The van der Waals surface area contributed by atoms with E-state index in [0.29, 0.717) is 11.8 Å². The number of hydrogen-bond donors (Lipinski definition) is 0. The highest BCUT2D eigenvalue weighted by molar-refractivity contribution is 5.81. The Morgan fingerprint density at radius 1 is 0.600 bits per heavy atom. The zero-order valence-electron chi connectivity index (χ0n) is 12.4. The lowest BCUT2D eigenvalue weighted by Crippen LogP contribution is -2.52. The summed E-state index contributed by atoms with van der Waals surface area (Å²) in [4.78, 5) is 28.7. The van der Waals surface area contributed by atoms with E-state index in [1.807, 2.05) is 9.80 Å². The lowest BCUT2D eigenvalue weighted by molar-refractivity contribution is -0.143. The summed E-state index contributed by atoms with van der Waals surface area (Å²) in [5.41, 5.74) is 0. The molecule has 0 aromatic heterocycles. The SMILES string of the molecule is O=C(C1CCCC1)N1CCN(C(=O)C2CCCC2)CC1. The highest BCUT2D eigenvalue weighted by Crippen LogP contribution is 2.28. The minimum absolute atomic E-state index is 0.270. The van der Waals surface area contributed by atoms with E-state index in [1.54, 1.807) is 0 Å². The third-order valence-corrected chi connectivity index (χ3v) is 5.31. The van der Waals surface area contributed by atoms with Crippen LogP contribution >= 0.6 is 0 Å². The van der Waals surface area contributed by atoms with Crippen molar-refractivity contribution < 1.29 is 9.59 Å². The van der Waals surface area contributed by atoms with Gasteiger partial charge in [0.05, 0.1) is 0 Å². The molecule has 4 heteroatoms. The van der Waals surface area contributed by atoms with Gasteiger partial charge in [0.25, 0.3) is 0 Å². The third kappa shape index (κ3) is 2.84. The van der Waals surface area contributed by atoms with Gasteiger partial charge in [-0.2, -0.15) is 0 Å². The van der Waals surface area contributed by atoms with Crippen LogP contribution in [0.3, 0.4) is 0 Å². The van der Waals surface area contributed by atoms with E-state index in [-0.39, 0.29) is 11.8 Å². The van der Waals surface area contributed by atoms with E-state index >= 15 is 0 Å². The van der Waals surface area contributed by atoms with Gasteiger partial charge < -0.3 is 9.80 Å². The predicted octanol–water partition coefficient (Wildman–Crippen LogP) is 2.04. The molecule has 0 radical (unpaired) electrons. The fourth-order valence-electron chi connectivity index (χ4n) is 4.01. The van der Waals surface area contributed by atoms with Gasteiger partial charge in [-0.05, 0) is 25.7 Å². The molecule has 3 fully saturated rings. The molecule has 0 atom stereocenters. The van der Waals surface area contributed by atoms with Crippen molar-refractivity contribution >= 4 is 11.8 Å². The second-order valence-corrected chi connectivity index (χ2v) is 6.61. The Bertz CT molecular complexity index is 327. The van der Waals surface area contributed by atoms with E-state index in [9.17, 15) is 9.59 Å². The van der Waals surface area contributed by atoms with E-state index in [1.165, 1.54) is 25.7 Å². The van der Waals surface area contributed by atoms with Crippen LogP contribution in [0, 0.1) is 11.8 Å². The first-order valence-corrected chi connectivity index (χ1v) is 8.33. The summed E-state index contributed by atoms with van der Waals surface area (Å²) in [5.74, 6) is 1.23. The van der Waals surface area contributed by atoms with E-state index in [0.717, 1.165) is 51.9 Å². The monoisotopic (exact) mass is 278 g/mol. The molecular formula is C16H26N2O2. The topological polar surface area (TPSA) is 40.6 Å². The predicted molar refractivity (Wildman–Crippen MR) is 77.1 cm³/mol. The highest BCUT2D eigenvalue weighted by atomic mass is 16.2. The third-order valence-electron chi connectivity index (χ3n) is 5.31. The van der Waals surface area contributed by atoms with Crippen LogP contribution in [0.4, 0.5) is 0 Å². The second kappa shape index (κ2) is 6.15. The molecule has 112 valence electrons. The fourth-order valence-corrected chi connectivity index (χ4v) is 4.01. The van der Waals surface area contributed by atoms with Gasteiger partial charge in [-0.15, -0.1) is 0 Å². The Hall–Kier alpha value is -1.06. The summed E-state index contributed by atoms with van der Waals surface area (Å²) in [5, 5.41) is 0. The zero-order chi connectivity index (χ0) is 13.9. The highest BCUT2D eigenvalue weighted by Gasteiger charge is 2.33. The Kier molecular flexibility index (Phi) is 4.27. The maximum Gasteiger partial charge on any atom is 0.225 e. The maximum atomic E-state index is 12.4. The summed E-state index contributed by atoms with van der Waals surface area (Å²) in [6.45, 7) is 2.98. The van der Waals surface area contributed by atoms with Crippen LogP contribution < -0.4 is 0 Å². The molecule has 2 amide bonds. The van der Waals surface area contributed by atoms with Crippen LogP contribution in [-0.4, -0.2) is 47.8 Å². The first-order valence-electron chi connectivity index (χ1n) is 8.33. The normalized spacial score (nSPS) is 25.4. The molecule has 1 aliphatic heterocycles. The summed E-state index contributed by atoms with van der Waals surface area (Å²) in [6.07, 6.45) is 9.10.